The maximum absolute atomic E-state index is 5.41. The zero-order valence-electron chi connectivity index (χ0n) is 13.8. The van der Waals surface area contributed by atoms with E-state index in [-0.39, 0.29) is 0 Å². The Balaban J connectivity index is 1.79. The number of hydrogen-bond donors (Lipinski definition) is 1. The molecule has 0 unspecified atom stereocenters. The molecule has 5 nitrogen and oxygen atoms in total. The molecule has 0 amide bonds. The molecule has 0 bridgehead atoms. The molecule has 0 saturated carbocycles. The first-order valence-corrected chi connectivity index (χ1v) is 8.23. The van der Waals surface area contributed by atoms with Crippen molar-refractivity contribution in [2.24, 2.45) is 5.92 Å². The summed E-state index contributed by atoms with van der Waals surface area (Å²) in [4.78, 5) is 7.02. The van der Waals surface area contributed by atoms with Crippen molar-refractivity contribution in [3.8, 4) is 0 Å². The number of hydrogen-bond acceptors (Lipinski definition) is 4. The molecule has 0 atom stereocenters. The standard InChI is InChI=1S/C16H30N4O/c1-4-21-11-5-8-20-13-14(2)18-16(20)17-12-15-6-9-19(3)10-7-15/h13,15H,4-12H2,1-3H3,(H,17,18). The minimum absolute atomic E-state index is 0.773. The molecular weight excluding hydrogens is 264 g/mol. The number of rotatable bonds is 8. The van der Waals surface area contributed by atoms with Gasteiger partial charge in [-0.25, -0.2) is 4.98 Å². The van der Waals surface area contributed by atoms with Gasteiger partial charge in [-0.1, -0.05) is 0 Å². The third-order valence-electron chi connectivity index (χ3n) is 4.18. The molecule has 0 radical (unpaired) electrons. The molecule has 5 heteroatoms. The summed E-state index contributed by atoms with van der Waals surface area (Å²) in [5, 5.41) is 3.55. The lowest BCUT2D eigenvalue weighted by Crippen LogP contribution is -2.33. The average Bonchev–Trinajstić information content (AvgIpc) is 2.83. The lowest BCUT2D eigenvalue weighted by molar-refractivity contribution is 0.142. The molecule has 1 N–H and O–H groups in total. The van der Waals surface area contributed by atoms with Crippen LogP contribution >= 0.6 is 0 Å². The molecule has 1 aromatic heterocycles. The Bertz CT molecular complexity index is 410. The number of ether oxygens (including phenoxy) is 1. The first-order chi connectivity index (χ1) is 10.2. The minimum Gasteiger partial charge on any atom is -0.382 e. The van der Waals surface area contributed by atoms with Crippen LogP contribution in [0.25, 0.3) is 0 Å². The molecule has 120 valence electrons. The van der Waals surface area contributed by atoms with E-state index in [0.717, 1.165) is 50.3 Å². The van der Waals surface area contributed by atoms with E-state index in [1.807, 2.05) is 6.92 Å². The molecule has 21 heavy (non-hydrogen) atoms. The van der Waals surface area contributed by atoms with Crippen LogP contribution in [0.2, 0.25) is 0 Å². The SMILES string of the molecule is CCOCCCn1cc(C)nc1NCC1CCN(C)CC1. The molecule has 2 rings (SSSR count). The average molecular weight is 294 g/mol. The van der Waals surface area contributed by atoms with Crippen LogP contribution in [0.15, 0.2) is 6.20 Å². The van der Waals surface area contributed by atoms with E-state index < -0.39 is 0 Å². The zero-order chi connectivity index (χ0) is 15.1. The van der Waals surface area contributed by atoms with Crippen LogP contribution in [0.4, 0.5) is 5.95 Å². The molecule has 1 fully saturated rings. The van der Waals surface area contributed by atoms with Gasteiger partial charge >= 0.3 is 0 Å². The van der Waals surface area contributed by atoms with Crippen molar-refractivity contribution in [3.63, 3.8) is 0 Å². The summed E-state index contributed by atoms with van der Waals surface area (Å²) in [6.45, 7) is 10.1. The normalized spacial score (nSPS) is 17.3. The lowest BCUT2D eigenvalue weighted by atomic mass is 9.97. The summed E-state index contributed by atoms with van der Waals surface area (Å²) in [6, 6.07) is 0. The van der Waals surface area contributed by atoms with E-state index in [4.69, 9.17) is 4.74 Å². The van der Waals surface area contributed by atoms with E-state index in [0.29, 0.717) is 0 Å². The van der Waals surface area contributed by atoms with Crippen LogP contribution < -0.4 is 5.32 Å². The fourth-order valence-corrected chi connectivity index (χ4v) is 2.84. The van der Waals surface area contributed by atoms with E-state index in [9.17, 15) is 0 Å². The Kier molecular flexibility index (Phi) is 6.51. The molecule has 0 aromatic carbocycles. The maximum atomic E-state index is 5.41. The van der Waals surface area contributed by atoms with E-state index in [1.54, 1.807) is 0 Å². The van der Waals surface area contributed by atoms with Crippen LogP contribution in [0, 0.1) is 12.8 Å². The minimum atomic E-state index is 0.773. The van der Waals surface area contributed by atoms with Gasteiger partial charge in [0.1, 0.15) is 0 Å². The lowest BCUT2D eigenvalue weighted by Gasteiger charge is -2.29. The monoisotopic (exact) mass is 294 g/mol. The highest BCUT2D eigenvalue weighted by Gasteiger charge is 2.17. The van der Waals surface area contributed by atoms with E-state index >= 15 is 0 Å². The van der Waals surface area contributed by atoms with Crippen molar-refractivity contribution in [1.29, 1.82) is 0 Å². The van der Waals surface area contributed by atoms with Crippen molar-refractivity contribution < 1.29 is 4.74 Å². The van der Waals surface area contributed by atoms with Crippen molar-refractivity contribution in [2.75, 3.05) is 45.2 Å². The van der Waals surface area contributed by atoms with Crippen LogP contribution in [-0.2, 0) is 11.3 Å². The highest BCUT2D eigenvalue weighted by atomic mass is 16.5. The highest BCUT2D eigenvalue weighted by Crippen LogP contribution is 2.17. The number of likely N-dealkylation sites (tertiary alicyclic amines) is 1. The molecule has 1 aliphatic heterocycles. The Morgan fingerprint density at radius 2 is 2.14 bits per heavy atom. The number of aromatic nitrogens is 2. The molecule has 0 aliphatic carbocycles. The molecule has 1 aromatic rings. The van der Waals surface area contributed by atoms with Gasteiger partial charge in [-0.05, 0) is 59.2 Å². The summed E-state index contributed by atoms with van der Waals surface area (Å²) in [5.41, 5.74) is 1.08. The third-order valence-corrected chi connectivity index (χ3v) is 4.18. The summed E-state index contributed by atoms with van der Waals surface area (Å²) < 4.78 is 7.63. The van der Waals surface area contributed by atoms with Crippen molar-refractivity contribution in [1.82, 2.24) is 14.5 Å². The van der Waals surface area contributed by atoms with Crippen molar-refractivity contribution >= 4 is 5.95 Å². The van der Waals surface area contributed by atoms with E-state index in [2.05, 4.69) is 39.9 Å². The second-order valence-electron chi connectivity index (χ2n) is 6.08. The van der Waals surface area contributed by atoms with Crippen LogP contribution in [0.1, 0.15) is 31.9 Å². The van der Waals surface area contributed by atoms with Gasteiger partial charge in [0, 0.05) is 32.5 Å². The molecular formula is C16H30N4O. The molecule has 0 spiro atoms. The summed E-state index contributed by atoms with van der Waals surface area (Å²) in [5.74, 6) is 1.79. The highest BCUT2D eigenvalue weighted by molar-refractivity contribution is 5.28. The third kappa shape index (κ3) is 5.32. The van der Waals surface area contributed by atoms with Gasteiger partial charge in [0.05, 0.1) is 5.69 Å². The fourth-order valence-electron chi connectivity index (χ4n) is 2.84. The van der Waals surface area contributed by atoms with Crippen LogP contribution in [0.3, 0.4) is 0 Å². The Hall–Kier alpha value is -1.07. The number of nitrogens with zero attached hydrogens (tertiary/aromatic N) is 3. The summed E-state index contributed by atoms with van der Waals surface area (Å²) in [7, 11) is 2.21. The van der Waals surface area contributed by atoms with Gasteiger partial charge in [-0.3, -0.25) is 0 Å². The Morgan fingerprint density at radius 3 is 2.86 bits per heavy atom. The number of nitrogens with one attached hydrogen (secondary N) is 1. The van der Waals surface area contributed by atoms with Crippen LogP contribution in [0.5, 0.6) is 0 Å². The Morgan fingerprint density at radius 1 is 1.38 bits per heavy atom. The van der Waals surface area contributed by atoms with Crippen LogP contribution in [-0.4, -0.2) is 54.3 Å². The Labute approximate surface area is 128 Å². The van der Waals surface area contributed by atoms with Gasteiger partial charge in [0.2, 0.25) is 5.95 Å². The predicted molar refractivity (Wildman–Crippen MR) is 86.8 cm³/mol. The second kappa shape index (κ2) is 8.39. The first-order valence-electron chi connectivity index (χ1n) is 8.23. The first kappa shape index (κ1) is 16.3. The molecule has 2 heterocycles. The topological polar surface area (TPSA) is 42.3 Å². The summed E-state index contributed by atoms with van der Waals surface area (Å²) in [6.07, 6.45) is 5.73. The van der Waals surface area contributed by atoms with Gasteiger partial charge in [0.25, 0.3) is 0 Å². The van der Waals surface area contributed by atoms with Gasteiger partial charge in [0.15, 0.2) is 0 Å². The van der Waals surface area contributed by atoms with E-state index in [1.165, 1.54) is 25.9 Å². The smallest absolute Gasteiger partial charge is 0.203 e. The van der Waals surface area contributed by atoms with Gasteiger partial charge in [-0.2, -0.15) is 0 Å². The predicted octanol–water partition coefficient (Wildman–Crippen LogP) is 2.37. The van der Waals surface area contributed by atoms with Crippen molar-refractivity contribution in [2.45, 2.75) is 39.7 Å². The number of anilines is 1. The second-order valence-corrected chi connectivity index (χ2v) is 6.08. The molecule has 1 aliphatic rings. The number of aryl methyl sites for hydroxylation is 2. The number of imidazole rings is 1. The van der Waals surface area contributed by atoms with Gasteiger partial charge in [-0.15, -0.1) is 0 Å². The van der Waals surface area contributed by atoms with Crippen molar-refractivity contribution in [3.05, 3.63) is 11.9 Å². The zero-order valence-corrected chi connectivity index (χ0v) is 13.8. The largest absolute Gasteiger partial charge is 0.382 e. The quantitative estimate of drug-likeness (QED) is 0.748. The molecule has 1 saturated heterocycles. The van der Waals surface area contributed by atoms with Gasteiger partial charge < -0.3 is 19.5 Å². The maximum Gasteiger partial charge on any atom is 0.203 e. The fraction of sp³-hybridized carbons (Fsp3) is 0.812. The number of piperidine rings is 1. The summed E-state index contributed by atoms with van der Waals surface area (Å²) >= 11 is 0.